The zero-order valence-electron chi connectivity index (χ0n) is 28.9. The molecule has 262 valence electrons. The number of halogens is 3. The number of likely N-dealkylation sites (tertiary alicyclic amines) is 1. The highest BCUT2D eigenvalue weighted by Crippen LogP contribution is 2.41. The van der Waals surface area contributed by atoms with Crippen molar-refractivity contribution in [2.45, 2.75) is 77.7 Å². The van der Waals surface area contributed by atoms with Crippen molar-refractivity contribution < 1.29 is 32.6 Å². The number of nitrogens with zero attached hydrogens (tertiary/aromatic N) is 5. The van der Waals surface area contributed by atoms with Gasteiger partial charge in [-0.05, 0) is 57.4 Å². The Morgan fingerprint density at radius 2 is 1.77 bits per heavy atom. The van der Waals surface area contributed by atoms with E-state index in [1.807, 2.05) is 25.7 Å². The van der Waals surface area contributed by atoms with E-state index in [4.69, 9.17) is 25.8 Å². The molecule has 0 radical (unpaired) electrons. The Labute approximate surface area is 286 Å². The standard InChI is InChI=1S/C34H46ClF2N5O5Si/c1-34(2,3)47-33(44)41-10-8-9-26(41)23-18-25(35)29(37)30-24(23)19-27(42(30)21-46-15-16-48(5,6)7)32(43)40-13-11-39(12-14-40)31-28(45-4)17-22(36)20-38-31/h17-20,26H,8-16,21H2,1-7H3. The Hall–Kier alpha value is -3.42. The second-order valence-electron chi connectivity index (χ2n) is 14.6. The minimum Gasteiger partial charge on any atom is -0.493 e. The van der Waals surface area contributed by atoms with Crippen molar-refractivity contribution in [3.63, 3.8) is 0 Å². The topological polar surface area (TPSA) is 89.4 Å². The van der Waals surface area contributed by atoms with E-state index in [2.05, 4.69) is 24.6 Å². The molecule has 3 aromatic rings. The first-order chi connectivity index (χ1) is 22.6. The van der Waals surface area contributed by atoms with Crippen LogP contribution in [-0.2, 0) is 16.2 Å². The van der Waals surface area contributed by atoms with Crippen LogP contribution in [0.25, 0.3) is 10.9 Å². The maximum absolute atomic E-state index is 16.1. The highest BCUT2D eigenvalue weighted by atomic mass is 35.5. The van der Waals surface area contributed by atoms with Gasteiger partial charge in [-0.25, -0.2) is 18.6 Å². The summed E-state index contributed by atoms with van der Waals surface area (Å²) in [6.07, 6.45) is 2.07. The molecule has 48 heavy (non-hydrogen) atoms. The quantitative estimate of drug-likeness (QED) is 0.170. The lowest BCUT2D eigenvalue weighted by atomic mass is 10.00. The van der Waals surface area contributed by atoms with Gasteiger partial charge in [-0.2, -0.15) is 0 Å². The van der Waals surface area contributed by atoms with Crippen LogP contribution in [0.5, 0.6) is 5.75 Å². The molecule has 2 aromatic heterocycles. The maximum atomic E-state index is 16.1. The molecule has 1 aromatic carbocycles. The highest BCUT2D eigenvalue weighted by Gasteiger charge is 2.36. The molecule has 0 aliphatic carbocycles. The number of rotatable bonds is 9. The molecule has 14 heteroatoms. The minimum atomic E-state index is -1.42. The van der Waals surface area contributed by atoms with Crippen LogP contribution in [0, 0.1) is 11.6 Å². The van der Waals surface area contributed by atoms with Crippen molar-refractivity contribution in [1.29, 1.82) is 0 Å². The lowest BCUT2D eigenvalue weighted by Crippen LogP contribution is -2.49. The van der Waals surface area contributed by atoms with Crippen LogP contribution in [-0.4, -0.2) is 91.5 Å². The summed E-state index contributed by atoms with van der Waals surface area (Å²) >= 11 is 6.55. The van der Waals surface area contributed by atoms with Gasteiger partial charge in [0.15, 0.2) is 17.4 Å². The Kier molecular flexibility index (Phi) is 10.6. The molecular weight excluding hydrogens is 660 g/mol. The molecular formula is C34H46ClF2N5O5Si. The van der Waals surface area contributed by atoms with E-state index < -0.39 is 37.4 Å². The first-order valence-electron chi connectivity index (χ1n) is 16.4. The third-order valence-corrected chi connectivity index (χ3v) is 10.6. The van der Waals surface area contributed by atoms with Crippen LogP contribution in [0.15, 0.2) is 24.4 Å². The van der Waals surface area contributed by atoms with Gasteiger partial charge in [-0.1, -0.05) is 31.2 Å². The summed E-state index contributed by atoms with van der Waals surface area (Å²) < 4.78 is 48.6. The third kappa shape index (κ3) is 7.89. The lowest BCUT2D eigenvalue weighted by Gasteiger charge is -2.36. The fourth-order valence-electron chi connectivity index (χ4n) is 6.23. The van der Waals surface area contributed by atoms with Crippen LogP contribution >= 0.6 is 11.6 Å². The first kappa shape index (κ1) is 35.9. The number of carbonyl (C=O) groups is 2. The molecule has 2 saturated heterocycles. The molecule has 0 spiro atoms. The molecule has 0 N–H and O–H groups in total. The van der Waals surface area contributed by atoms with Crippen molar-refractivity contribution in [2.75, 3.05) is 51.3 Å². The summed E-state index contributed by atoms with van der Waals surface area (Å²) in [5.41, 5.74) is 0.420. The number of benzene rings is 1. The molecule has 4 heterocycles. The van der Waals surface area contributed by atoms with Gasteiger partial charge in [0.05, 0.1) is 29.9 Å². The number of hydrogen-bond acceptors (Lipinski definition) is 7. The van der Waals surface area contributed by atoms with E-state index in [-0.39, 0.29) is 28.9 Å². The summed E-state index contributed by atoms with van der Waals surface area (Å²) in [5, 5.41) is 0.414. The van der Waals surface area contributed by atoms with Gasteiger partial charge in [0, 0.05) is 58.9 Å². The molecule has 0 saturated carbocycles. The van der Waals surface area contributed by atoms with E-state index in [0.29, 0.717) is 68.3 Å². The normalized spacial score (nSPS) is 17.4. The van der Waals surface area contributed by atoms with Crippen molar-refractivity contribution >= 4 is 48.4 Å². The van der Waals surface area contributed by atoms with Gasteiger partial charge in [-0.15, -0.1) is 0 Å². The van der Waals surface area contributed by atoms with Crippen LogP contribution < -0.4 is 9.64 Å². The number of methoxy groups -OCH3 is 1. The fraction of sp³-hybridized carbons (Fsp3) is 0.559. The SMILES string of the molecule is COc1cc(F)cnc1N1CCN(C(=O)c2cc3c(C4CCCN4C(=O)OC(C)(C)C)cc(Cl)c(F)c3n2COCC[Si](C)(C)C)CC1. The smallest absolute Gasteiger partial charge is 0.410 e. The summed E-state index contributed by atoms with van der Waals surface area (Å²) in [6, 6.07) is 5.05. The van der Waals surface area contributed by atoms with Gasteiger partial charge in [0.1, 0.15) is 23.8 Å². The number of anilines is 1. The number of hydrogen-bond donors (Lipinski definition) is 0. The van der Waals surface area contributed by atoms with E-state index >= 15 is 4.39 Å². The van der Waals surface area contributed by atoms with Crippen LogP contribution in [0.3, 0.4) is 0 Å². The lowest BCUT2D eigenvalue weighted by molar-refractivity contribution is 0.0225. The van der Waals surface area contributed by atoms with Gasteiger partial charge in [0.25, 0.3) is 5.91 Å². The third-order valence-electron chi connectivity index (χ3n) is 8.67. The zero-order chi connectivity index (χ0) is 35.0. The van der Waals surface area contributed by atoms with Crippen molar-refractivity contribution in [3.8, 4) is 5.75 Å². The highest BCUT2D eigenvalue weighted by molar-refractivity contribution is 6.76. The zero-order valence-corrected chi connectivity index (χ0v) is 30.6. The summed E-state index contributed by atoms with van der Waals surface area (Å²) in [4.78, 5) is 37.0. The maximum Gasteiger partial charge on any atom is 0.410 e. The number of carbonyl (C=O) groups excluding carboxylic acids is 2. The predicted octanol–water partition coefficient (Wildman–Crippen LogP) is 7.32. The molecule has 0 bridgehead atoms. The van der Waals surface area contributed by atoms with Gasteiger partial charge in [0.2, 0.25) is 0 Å². The molecule has 2 aliphatic heterocycles. The number of piperazine rings is 1. The predicted molar refractivity (Wildman–Crippen MR) is 185 cm³/mol. The molecule has 1 unspecified atom stereocenters. The van der Waals surface area contributed by atoms with Crippen LogP contribution in [0.1, 0.15) is 55.7 Å². The van der Waals surface area contributed by atoms with E-state index in [0.717, 1.165) is 18.7 Å². The summed E-state index contributed by atoms with van der Waals surface area (Å²) in [6.45, 7) is 14.7. The van der Waals surface area contributed by atoms with Gasteiger partial charge >= 0.3 is 6.09 Å². The van der Waals surface area contributed by atoms with E-state index in [1.165, 1.54) is 13.2 Å². The molecule has 5 rings (SSSR count). The van der Waals surface area contributed by atoms with Crippen LogP contribution in [0.4, 0.5) is 19.4 Å². The molecule has 1 atom stereocenters. The average Bonchev–Trinajstić information content (AvgIpc) is 3.65. The van der Waals surface area contributed by atoms with Gasteiger partial charge in [-0.3, -0.25) is 4.79 Å². The number of aromatic nitrogens is 2. The monoisotopic (exact) mass is 705 g/mol. The van der Waals surface area contributed by atoms with Crippen molar-refractivity contribution in [2.24, 2.45) is 0 Å². The van der Waals surface area contributed by atoms with Gasteiger partial charge < -0.3 is 33.5 Å². The second-order valence-corrected chi connectivity index (χ2v) is 20.6. The first-order valence-corrected chi connectivity index (χ1v) is 20.5. The summed E-state index contributed by atoms with van der Waals surface area (Å²) in [7, 11) is 0.0449. The molecule has 2 fully saturated rings. The Balaban J connectivity index is 1.50. The molecule has 10 nitrogen and oxygen atoms in total. The average molecular weight is 706 g/mol. The Bertz CT molecular complexity index is 1670. The van der Waals surface area contributed by atoms with Crippen LogP contribution in [0.2, 0.25) is 30.7 Å². The summed E-state index contributed by atoms with van der Waals surface area (Å²) in [5.74, 6) is -0.608. The molecule has 2 aliphatic rings. The van der Waals surface area contributed by atoms with E-state index in [9.17, 15) is 14.0 Å². The van der Waals surface area contributed by atoms with E-state index in [1.54, 1.807) is 26.5 Å². The number of amides is 2. The minimum absolute atomic E-state index is 0.0388. The number of ether oxygens (including phenoxy) is 3. The Morgan fingerprint density at radius 1 is 1.06 bits per heavy atom. The Morgan fingerprint density at radius 3 is 2.42 bits per heavy atom. The van der Waals surface area contributed by atoms with Crippen molar-refractivity contribution in [1.82, 2.24) is 19.4 Å². The fourth-order valence-corrected chi connectivity index (χ4v) is 7.19. The molecule has 2 amide bonds. The second kappa shape index (κ2) is 14.2. The van der Waals surface area contributed by atoms with Crippen molar-refractivity contribution in [3.05, 3.63) is 52.3 Å². The number of pyridine rings is 1. The number of fused-ring (bicyclic) bond motifs is 1. The largest absolute Gasteiger partial charge is 0.493 e.